The standard InChI is InChI=1S/C22H17FN4O/c1-26-18-5-3-2-4-15(18)9-20(26)22(28)10-19(27-13-25-12-21(22)27)16-7-6-14(11-24)8-17(16)23/h2-9,12-13,19,28H,10H2,1H3. The number of aliphatic hydroxyl groups is 1. The van der Waals surface area contributed by atoms with Gasteiger partial charge in [0.2, 0.25) is 0 Å². The molecule has 0 spiro atoms. The maximum atomic E-state index is 14.7. The first-order valence-corrected chi connectivity index (χ1v) is 9.02. The van der Waals surface area contributed by atoms with Crippen LogP contribution in [0.15, 0.2) is 61.1 Å². The zero-order valence-corrected chi connectivity index (χ0v) is 15.2. The fourth-order valence-electron chi connectivity index (χ4n) is 4.40. The molecule has 5 rings (SSSR count). The molecule has 138 valence electrons. The summed E-state index contributed by atoms with van der Waals surface area (Å²) in [6.45, 7) is 0. The Bertz CT molecular complexity index is 1270. The Morgan fingerprint density at radius 2 is 2.04 bits per heavy atom. The molecule has 1 N–H and O–H groups in total. The molecule has 1 aliphatic heterocycles. The van der Waals surface area contributed by atoms with Gasteiger partial charge in [-0.05, 0) is 29.7 Å². The van der Waals surface area contributed by atoms with Crippen molar-refractivity contribution in [2.45, 2.75) is 18.1 Å². The first-order chi connectivity index (χ1) is 13.5. The molecular weight excluding hydrogens is 355 g/mol. The Morgan fingerprint density at radius 3 is 2.79 bits per heavy atom. The van der Waals surface area contributed by atoms with Gasteiger partial charge in [0.1, 0.15) is 11.4 Å². The van der Waals surface area contributed by atoms with Crippen molar-refractivity contribution in [3.05, 3.63) is 89.4 Å². The molecule has 0 saturated heterocycles. The lowest BCUT2D eigenvalue weighted by Gasteiger charge is -2.24. The molecule has 2 aromatic heterocycles. The molecule has 0 aliphatic carbocycles. The molecule has 0 bridgehead atoms. The number of nitriles is 1. The van der Waals surface area contributed by atoms with E-state index in [4.69, 9.17) is 5.26 Å². The van der Waals surface area contributed by atoms with Crippen LogP contribution in [0.2, 0.25) is 0 Å². The summed E-state index contributed by atoms with van der Waals surface area (Å²) in [6, 6.07) is 15.9. The topological polar surface area (TPSA) is 66.8 Å². The van der Waals surface area contributed by atoms with Gasteiger partial charge in [0, 0.05) is 24.5 Å². The fraction of sp³-hybridized carbons (Fsp3) is 0.182. The van der Waals surface area contributed by atoms with Crippen LogP contribution in [-0.2, 0) is 12.6 Å². The zero-order chi connectivity index (χ0) is 19.5. The lowest BCUT2D eigenvalue weighted by Crippen LogP contribution is -2.27. The van der Waals surface area contributed by atoms with Gasteiger partial charge in [0.15, 0.2) is 0 Å². The van der Waals surface area contributed by atoms with Crippen molar-refractivity contribution >= 4 is 10.9 Å². The largest absolute Gasteiger partial charge is 0.377 e. The third kappa shape index (κ3) is 2.17. The van der Waals surface area contributed by atoms with E-state index in [1.165, 1.54) is 6.07 Å². The van der Waals surface area contributed by atoms with E-state index in [0.29, 0.717) is 11.3 Å². The van der Waals surface area contributed by atoms with Gasteiger partial charge < -0.3 is 14.2 Å². The lowest BCUT2D eigenvalue weighted by molar-refractivity contribution is 0.0720. The van der Waals surface area contributed by atoms with Crippen LogP contribution in [0.5, 0.6) is 0 Å². The smallest absolute Gasteiger partial charge is 0.148 e. The predicted octanol–water partition coefficient (Wildman–Crippen LogP) is 3.61. The van der Waals surface area contributed by atoms with Gasteiger partial charge in [-0.3, -0.25) is 0 Å². The second-order valence-electron chi connectivity index (χ2n) is 7.26. The van der Waals surface area contributed by atoms with E-state index in [1.807, 2.05) is 52.6 Å². The molecule has 3 heterocycles. The van der Waals surface area contributed by atoms with E-state index in [1.54, 1.807) is 24.7 Å². The quantitative estimate of drug-likeness (QED) is 0.584. The van der Waals surface area contributed by atoms with Gasteiger partial charge in [-0.2, -0.15) is 5.26 Å². The van der Waals surface area contributed by atoms with Crippen LogP contribution >= 0.6 is 0 Å². The number of imidazole rings is 1. The van der Waals surface area contributed by atoms with Crippen molar-refractivity contribution in [2.75, 3.05) is 0 Å². The Morgan fingerprint density at radius 1 is 1.21 bits per heavy atom. The Labute approximate surface area is 160 Å². The summed E-state index contributed by atoms with van der Waals surface area (Å²) in [5.41, 5.74) is 1.81. The average Bonchev–Trinajstić information content (AvgIpc) is 3.38. The lowest BCUT2D eigenvalue weighted by atomic mass is 9.90. The van der Waals surface area contributed by atoms with Crippen LogP contribution in [0, 0.1) is 17.1 Å². The van der Waals surface area contributed by atoms with Gasteiger partial charge in [0.25, 0.3) is 0 Å². The highest BCUT2D eigenvalue weighted by atomic mass is 19.1. The number of aryl methyl sites for hydroxylation is 1. The Hall–Kier alpha value is -3.43. The minimum atomic E-state index is -1.30. The molecule has 2 atom stereocenters. The molecule has 2 unspecified atom stereocenters. The van der Waals surface area contributed by atoms with E-state index in [9.17, 15) is 9.50 Å². The number of benzene rings is 2. The highest BCUT2D eigenvalue weighted by Crippen LogP contribution is 2.47. The number of hydrogen-bond acceptors (Lipinski definition) is 3. The molecule has 28 heavy (non-hydrogen) atoms. The number of aromatic nitrogens is 3. The van der Waals surface area contributed by atoms with Crippen LogP contribution in [0.1, 0.15) is 35.0 Å². The summed E-state index contributed by atoms with van der Waals surface area (Å²) in [6.07, 6.45) is 3.55. The Balaban J connectivity index is 1.67. The second kappa shape index (κ2) is 5.78. The number of halogens is 1. The number of fused-ring (bicyclic) bond motifs is 2. The zero-order valence-electron chi connectivity index (χ0n) is 15.2. The van der Waals surface area contributed by atoms with Crippen LogP contribution in [0.25, 0.3) is 10.9 Å². The monoisotopic (exact) mass is 372 g/mol. The van der Waals surface area contributed by atoms with E-state index in [0.717, 1.165) is 16.6 Å². The first-order valence-electron chi connectivity index (χ1n) is 9.02. The van der Waals surface area contributed by atoms with Gasteiger partial charge in [0.05, 0.1) is 41.6 Å². The minimum Gasteiger partial charge on any atom is -0.377 e. The molecule has 1 aliphatic rings. The summed E-state index contributed by atoms with van der Waals surface area (Å²) < 4.78 is 18.5. The van der Waals surface area contributed by atoms with Crippen molar-refractivity contribution < 1.29 is 9.50 Å². The highest BCUT2D eigenvalue weighted by molar-refractivity contribution is 5.81. The molecular formula is C22H17FN4O. The maximum absolute atomic E-state index is 14.7. The van der Waals surface area contributed by atoms with Crippen molar-refractivity contribution in [3.8, 4) is 6.07 Å². The van der Waals surface area contributed by atoms with Crippen LogP contribution < -0.4 is 0 Å². The fourth-order valence-corrected chi connectivity index (χ4v) is 4.40. The van der Waals surface area contributed by atoms with Gasteiger partial charge in [-0.1, -0.05) is 24.3 Å². The number of nitrogens with zero attached hydrogens (tertiary/aromatic N) is 4. The summed E-state index contributed by atoms with van der Waals surface area (Å²) in [4.78, 5) is 4.21. The first kappa shape index (κ1) is 16.7. The molecule has 0 amide bonds. The number of hydrogen-bond donors (Lipinski definition) is 1. The van der Waals surface area contributed by atoms with Gasteiger partial charge >= 0.3 is 0 Å². The van der Waals surface area contributed by atoms with Crippen LogP contribution in [-0.4, -0.2) is 19.2 Å². The summed E-state index contributed by atoms with van der Waals surface area (Å²) >= 11 is 0. The number of rotatable bonds is 2. The Kier molecular flexibility index (Phi) is 3.45. The molecule has 5 nitrogen and oxygen atoms in total. The third-order valence-electron chi connectivity index (χ3n) is 5.78. The highest BCUT2D eigenvalue weighted by Gasteiger charge is 2.47. The SMILES string of the molecule is Cn1c(C2(O)CC(c3ccc(C#N)cc3F)n3cncc32)cc2ccccc21. The van der Waals surface area contributed by atoms with Gasteiger partial charge in [-0.25, -0.2) is 9.37 Å². The van der Waals surface area contributed by atoms with E-state index < -0.39 is 17.5 Å². The molecule has 2 aromatic carbocycles. The van der Waals surface area contributed by atoms with Crippen molar-refractivity contribution in [2.24, 2.45) is 7.05 Å². The molecule has 6 heteroatoms. The second-order valence-corrected chi connectivity index (χ2v) is 7.26. The average molecular weight is 372 g/mol. The normalized spacial score (nSPS) is 21.0. The van der Waals surface area contributed by atoms with E-state index in [2.05, 4.69) is 4.98 Å². The molecule has 0 fully saturated rings. The minimum absolute atomic E-state index is 0.272. The van der Waals surface area contributed by atoms with Crippen molar-refractivity contribution in [3.63, 3.8) is 0 Å². The van der Waals surface area contributed by atoms with E-state index in [-0.39, 0.29) is 12.0 Å². The summed E-state index contributed by atoms with van der Waals surface area (Å²) in [5.74, 6) is -0.454. The van der Waals surface area contributed by atoms with Crippen LogP contribution in [0.4, 0.5) is 4.39 Å². The van der Waals surface area contributed by atoms with Crippen molar-refractivity contribution in [1.82, 2.24) is 14.1 Å². The van der Waals surface area contributed by atoms with Crippen molar-refractivity contribution in [1.29, 1.82) is 5.26 Å². The summed E-state index contributed by atoms with van der Waals surface area (Å²) in [5, 5.41) is 21.8. The predicted molar refractivity (Wildman–Crippen MR) is 102 cm³/mol. The molecule has 0 radical (unpaired) electrons. The molecule has 4 aromatic rings. The van der Waals surface area contributed by atoms with E-state index >= 15 is 0 Å². The molecule has 0 saturated carbocycles. The summed E-state index contributed by atoms with van der Waals surface area (Å²) in [7, 11) is 1.92. The van der Waals surface area contributed by atoms with Gasteiger partial charge in [-0.15, -0.1) is 0 Å². The number of para-hydroxylation sites is 1. The maximum Gasteiger partial charge on any atom is 0.148 e. The third-order valence-corrected chi connectivity index (χ3v) is 5.78. The van der Waals surface area contributed by atoms with Crippen LogP contribution in [0.3, 0.4) is 0 Å².